The lowest BCUT2D eigenvalue weighted by atomic mass is 9.78. The number of piperidine rings is 2. The number of fused-ring (bicyclic) bond motifs is 3. The zero-order valence-corrected chi connectivity index (χ0v) is 20.7. The molecule has 0 unspecified atom stereocenters. The topological polar surface area (TPSA) is 87.5 Å². The van der Waals surface area contributed by atoms with Gasteiger partial charge in [0.15, 0.2) is 0 Å². The normalized spacial score (nSPS) is 19.8. The number of rotatable bonds is 7. The van der Waals surface area contributed by atoms with Gasteiger partial charge < -0.3 is 21.3 Å². The van der Waals surface area contributed by atoms with Crippen LogP contribution in [-0.2, 0) is 22.3 Å². The summed E-state index contributed by atoms with van der Waals surface area (Å²) in [7, 11) is 0. The fourth-order valence-corrected chi connectivity index (χ4v) is 5.44. The molecule has 2 aliphatic heterocycles. The van der Waals surface area contributed by atoms with E-state index in [1.165, 1.54) is 17.0 Å². The Labute approximate surface area is 219 Å². The van der Waals surface area contributed by atoms with Crippen LogP contribution < -0.4 is 21.3 Å². The van der Waals surface area contributed by atoms with Gasteiger partial charge in [-0.15, -0.1) is 0 Å². The van der Waals surface area contributed by atoms with E-state index in [0.717, 1.165) is 24.5 Å². The maximum absolute atomic E-state index is 14.2. The fourth-order valence-electron chi connectivity index (χ4n) is 5.44. The first-order valence-electron chi connectivity index (χ1n) is 12.7. The highest BCUT2D eigenvalue weighted by molar-refractivity contribution is 6.00. The molecule has 3 aromatic rings. The molecule has 4 N–H and O–H groups in total. The molecule has 2 heterocycles. The van der Waals surface area contributed by atoms with Crippen molar-refractivity contribution in [1.29, 1.82) is 0 Å². The summed E-state index contributed by atoms with van der Waals surface area (Å²) in [4.78, 5) is 27.6. The van der Waals surface area contributed by atoms with Crippen molar-refractivity contribution < 1.29 is 22.8 Å². The minimum atomic E-state index is -4.70. The lowest BCUT2D eigenvalue weighted by Crippen LogP contribution is -2.53. The van der Waals surface area contributed by atoms with Crippen molar-refractivity contribution in [2.75, 3.05) is 15.5 Å². The Bertz CT molecular complexity index is 1320. The second kappa shape index (κ2) is 10.5. The van der Waals surface area contributed by atoms with E-state index in [9.17, 15) is 22.8 Å². The number of amides is 2. The summed E-state index contributed by atoms with van der Waals surface area (Å²) < 4.78 is 42.6. The van der Waals surface area contributed by atoms with Gasteiger partial charge in [-0.2, -0.15) is 13.2 Å². The quantitative estimate of drug-likeness (QED) is 0.363. The summed E-state index contributed by atoms with van der Waals surface area (Å²) in [6.07, 6.45) is -1.87. The molecule has 6 nitrogen and oxygen atoms in total. The smallest absolute Gasteiger partial charge is 0.370 e. The molecule has 1 saturated carbocycles. The molecule has 1 atom stereocenters. The molecule has 3 aliphatic rings. The first kappa shape index (κ1) is 25.8. The molecule has 0 spiro atoms. The van der Waals surface area contributed by atoms with Crippen LogP contribution in [-0.4, -0.2) is 17.9 Å². The Kier molecular flexibility index (Phi) is 7.12. The molecule has 2 saturated heterocycles. The Hall–Kier alpha value is -3.85. The zero-order chi connectivity index (χ0) is 26.9. The SMILES string of the molecule is NCc1cccc(N[C@H](C(=O)Nc2ccc(N3C(=O)C4CCC3CC4)c(C(F)(F)F)c2)c2ccccc2)c1. The number of nitrogens with one attached hydrogen (secondary N) is 2. The summed E-state index contributed by atoms with van der Waals surface area (Å²) in [6.45, 7) is 0.325. The minimum Gasteiger partial charge on any atom is -0.370 e. The average molecular weight is 523 g/mol. The summed E-state index contributed by atoms with van der Waals surface area (Å²) in [5, 5.41) is 5.83. The van der Waals surface area contributed by atoms with Crippen molar-refractivity contribution >= 4 is 28.9 Å². The van der Waals surface area contributed by atoms with Gasteiger partial charge in [0.25, 0.3) is 5.91 Å². The zero-order valence-electron chi connectivity index (χ0n) is 20.7. The number of hydrogen-bond donors (Lipinski definition) is 3. The van der Waals surface area contributed by atoms with Gasteiger partial charge in [0.05, 0.1) is 11.3 Å². The Morgan fingerprint density at radius 2 is 1.68 bits per heavy atom. The lowest BCUT2D eigenvalue weighted by Gasteiger charge is -2.45. The van der Waals surface area contributed by atoms with E-state index >= 15 is 0 Å². The molecule has 0 aromatic heterocycles. The largest absolute Gasteiger partial charge is 0.418 e. The second-order valence-corrected chi connectivity index (χ2v) is 9.83. The number of anilines is 3. The van der Waals surface area contributed by atoms with Gasteiger partial charge in [-0.05, 0) is 67.1 Å². The van der Waals surface area contributed by atoms with Crippen LogP contribution >= 0.6 is 0 Å². The molecule has 3 fully saturated rings. The van der Waals surface area contributed by atoms with E-state index in [2.05, 4.69) is 10.6 Å². The van der Waals surface area contributed by atoms with Gasteiger partial charge in [0, 0.05) is 29.9 Å². The Morgan fingerprint density at radius 1 is 0.947 bits per heavy atom. The van der Waals surface area contributed by atoms with Crippen molar-refractivity contribution in [1.82, 2.24) is 0 Å². The summed E-state index contributed by atoms with van der Waals surface area (Å²) in [5.41, 5.74) is 6.83. The third-order valence-corrected chi connectivity index (χ3v) is 7.35. The van der Waals surface area contributed by atoms with Gasteiger partial charge in [-0.1, -0.05) is 42.5 Å². The van der Waals surface area contributed by atoms with E-state index in [1.54, 1.807) is 30.3 Å². The highest BCUT2D eigenvalue weighted by atomic mass is 19.4. The monoisotopic (exact) mass is 522 g/mol. The molecule has 1 aliphatic carbocycles. The molecule has 9 heteroatoms. The predicted molar refractivity (Wildman–Crippen MR) is 140 cm³/mol. The van der Waals surface area contributed by atoms with Crippen molar-refractivity contribution in [3.8, 4) is 0 Å². The molecular formula is C29H29F3N4O2. The van der Waals surface area contributed by atoms with Gasteiger partial charge in [-0.25, -0.2) is 0 Å². The molecule has 6 rings (SSSR count). The van der Waals surface area contributed by atoms with Gasteiger partial charge >= 0.3 is 6.18 Å². The molecule has 2 bridgehead atoms. The molecule has 0 radical (unpaired) electrons. The molecule has 2 amide bonds. The van der Waals surface area contributed by atoms with E-state index < -0.39 is 23.7 Å². The highest BCUT2D eigenvalue weighted by Gasteiger charge is 2.44. The maximum Gasteiger partial charge on any atom is 0.418 e. The van der Waals surface area contributed by atoms with Gasteiger partial charge in [0.2, 0.25) is 5.91 Å². The maximum atomic E-state index is 14.2. The highest BCUT2D eigenvalue weighted by Crippen LogP contribution is 2.44. The molecular weight excluding hydrogens is 493 g/mol. The first-order chi connectivity index (χ1) is 18.2. The van der Waals surface area contributed by atoms with Crippen LogP contribution in [0.2, 0.25) is 0 Å². The number of nitrogens with two attached hydrogens (primary N) is 1. The summed E-state index contributed by atoms with van der Waals surface area (Å²) in [5.74, 6) is -0.998. The van der Waals surface area contributed by atoms with E-state index in [4.69, 9.17) is 5.73 Å². The van der Waals surface area contributed by atoms with Crippen molar-refractivity contribution in [3.05, 3.63) is 89.5 Å². The van der Waals surface area contributed by atoms with E-state index in [1.807, 2.05) is 24.3 Å². The number of alkyl halides is 3. The van der Waals surface area contributed by atoms with Crippen LogP contribution in [0.15, 0.2) is 72.8 Å². The summed E-state index contributed by atoms with van der Waals surface area (Å²) in [6, 6.07) is 18.7. The van der Waals surface area contributed by atoms with Crippen LogP contribution in [0.25, 0.3) is 0 Å². The Morgan fingerprint density at radius 3 is 2.34 bits per heavy atom. The van der Waals surface area contributed by atoms with Crippen molar-refractivity contribution in [2.24, 2.45) is 11.7 Å². The van der Waals surface area contributed by atoms with Crippen LogP contribution in [0, 0.1) is 5.92 Å². The number of nitrogens with zero attached hydrogens (tertiary/aromatic N) is 1. The van der Waals surface area contributed by atoms with Crippen molar-refractivity contribution in [2.45, 2.75) is 50.5 Å². The molecule has 3 aromatic carbocycles. The van der Waals surface area contributed by atoms with Crippen molar-refractivity contribution in [3.63, 3.8) is 0 Å². The van der Waals surface area contributed by atoms with Crippen LogP contribution in [0.3, 0.4) is 0 Å². The number of hydrogen-bond acceptors (Lipinski definition) is 4. The third kappa shape index (κ3) is 5.24. The van der Waals surface area contributed by atoms with E-state index in [0.29, 0.717) is 30.6 Å². The predicted octanol–water partition coefficient (Wildman–Crippen LogP) is 5.86. The first-order valence-corrected chi connectivity index (χ1v) is 12.7. The number of carbonyl (C=O) groups excluding carboxylic acids is 2. The van der Waals surface area contributed by atoms with Crippen LogP contribution in [0.1, 0.15) is 48.4 Å². The number of carbonyl (C=O) groups is 2. The fraction of sp³-hybridized carbons (Fsp3) is 0.310. The average Bonchev–Trinajstić information content (AvgIpc) is 2.92. The van der Waals surface area contributed by atoms with Crippen LogP contribution in [0.5, 0.6) is 0 Å². The molecule has 38 heavy (non-hydrogen) atoms. The van der Waals surface area contributed by atoms with Gasteiger partial charge in [0.1, 0.15) is 6.04 Å². The number of halogens is 3. The van der Waals surface area contributed by atoms with Crippen LogP contribution in [0.4, 0.5) is 30.2 Å². The minimum absolute atomic E-state index is 0.000803. The van der Waals surface area contributed by atoms with E-state index in [-0.39, 0.29) is 29.2 Å². The summed E-state index contributed by atoms with van der Waals surface area (Å²) >= 11 is 0. The Balaban J connectivity index is 1.44. The molecule has 198 valence electrons. The second-order valence-electron chi connectivity index (χ2n) is 9.83. The van der Waals surface area contributed by atoms with Gasteiger partial charge in [-0.3, -0.25) is 9.59 Å². The lowest BCUT2D eigenvalue weighted by molar-refractivity contribution is -0.137. The standard InChI is InChI=1S/C29H29F3N4O2/c30-29(31,32)24-16-22(11-14-25(24)36-23-12-9-20(10-13-23)28(36)38)35-27(37)26(19-6-2-1-3-7-19)34-21-8-4-5-18(15-21)17-33/h1-8,11,14-16,20,23,26,34H,9-10,12-13,17,33H2,(H,35,37)/t20?,23?,26-/m0/s1. The number of benzene rings is 3. The third-order valence-electron chi connectivity index (χ3n) is 7.35.